The van der Waals surface area contributed by atoms with E-state index < -0.39 is 28.8 Å². The van der Waals surface area contributed by atoms with E-state index in [9.17, 15) is 14.4 Å². The predicted molar refractivity (Wildman–Crippen MR) is 142 cm³/mol. The van der Waals surface area contributed by atoms with Gasteiger partial charge < -0.3 is 20.5 Å². The van der Waals surface area contributed by atoms with Crippen molar-refractivity contribution in [3.63, 3.8) is 0 Å². The summed E-state index contributed by atoms with van der Waals surface area (Å²) in [6.07, 6.45) is 0.203. The quantitative estimate of drug-likeness (QED) is 0.155. The molecule has 2 aromatic carbocycles. The number of rotatable bonds is 6. The van der Waals surface area contributed by atoms with Gasteiger partial charge in [0.2, 0.25) is 17.6 Å². The Labute approximate surface area is 216 Å². The second-order valence-corrected chi connectivity index (χ2v) is 10.5. The largest absolute Gasteiger partial charge is 0.596 e. The van der Waals surface area contributed by atoms with Crippen LogP contribution in [0.4, 0.5) is 11.4 Å². The molecule has 37 heavy (non-hydrogen) atoms. The number of benzene rings is 2. The van der Waals surface area contributed by atoms with E-state index in [1.807, 2.05) is 18.2 Å². The maximum absolute atomic E-state index is 14.0. The van der Waals surface area contributed by atoms with Crippen LogP contribution in [0.1, 0.15) is 45.2 Å². The Hall–Kier alpha value is -4.14. The summed E-state index contributed by atoms with van der Waals surface area (Å²) < 4.78 is 5.43. The average Bonchev–Trinajstić information content (AvgIpc) is 3.26. The lowest BCUT2D eigenvalue weighted by Gasteiger charge is -2.25. The van der Waals surface area contributed by atoms with E-state index in [4.69, 9.17) is 21.0 Å². The van der Waals surface area contributed by atoms with E-state index in [1.165, 1.54) is 9.80 Å². The predicted octanol–water partition coefficient (Wildman–Crippen LogP) is 2.49. The number of hydrogen-bond acceptors (Lipinski definition) is 6. The lowest BCUT2D eigenvalue weighted by molar-refractivity contribution is -0.154. The first-order valence-corrected chi connectivity index (χ1v) is 12.1. The van der Waals surface area contributed by atoms with Crippen molar-refractivity contribution in [1.82, 2.24) is 4.90 Å². The Morgan fingerprint density at radius 3 is 2.41 bits per heavy atom. The number of nitrogen functional groups attached to an aromatic ring is 1. The summed E-state index contributed by atoms with van der Waals surface area (Å²) in [5.41, 5.74) is 6.37. The van der Waals surface area contributed by atoms with Gasteiger partial charge in [0.05, 0.1) is 17.8 Å². The molecule has 4 rings (SSSR count). The van der Waals surface area contributed by atoms with Gasteiger partial charge in [-0.15, -0.1) is 0 Å². The van der Waals surface area contributed by atoms with Crippen molar-refractivity contribution in [2.24, 2.45) is 0 Å². The summed E-state index contributed by atoms with van der Waals surface area (Å²) in [7, 11) is 0. The van der Waals surface area contributed by atoms with Crippen LogP contribution >= 0.6 is 0 Å². The summed E-state index contributed by atoms with van der Waals surface area (Å²) in [6, 6.07) is 14.0. The van der Waals surface area contributed by atoms with E-state index >= 15 is 0 Å². The van der Waals surface area contributed by atoms with Crippen LogP contribution in [0.15, 0.2) is 59.9 Å². The fourth-order valence-electron chi connectivity index (χ4n) is 4.98. The molecule has 0 saturated carbocycles. The molecule has 0 bridgehead atoms. The zero-order valence-electron chi connectivity index (χ0n) is 21.6. The molecule has 2 aliphatic heterocycles. The minimum atomic E-state index is -1.51. The van der Waals surface area contributed by atoms with Gasteiger partial charge in [0, 0.05) is 36.0 Å². The van der Waals surface area contributed by atoms with Crippen LogP contribution in [0.25, 0.3) is 0 Å². The minimum absolute atomic E-state index is 0.0284. The van der Waals surface area contributed by atoms with E-state index in [-0.39, 0.29) is 37.5 Å². The number of hydrogen-bond donors (Lipinski definition) is 2. The number of nitrogens with one attached hydrogen (secondary N) is 1. The molecule has 1 spiro atoms. The van der Waals surface area contributed by atoms with Gasteiger partial charge in [0.15, 0.2) is 5.41 Å². The first-order valence-electron chi connectivity index (χ1n) is 12.1. The molecule has 5 N–H and O–H groups in total. The number of anilines is 2. The topological polar surface area (TPSA) is 140 Å². The highest BCUT2D eigenvalue weighted by molar-refractivity contribution is 6.24. The summed E-state index contributed by atoms with van der Waals surface area (Å²) >= 11 is 0. The van der Waals surface area contributed by atoms with Crippen LogP contribution in [0.3, 0.4) is 0 Å². The monoisotopic (exact) mass is 505 g/mol. The molecule has 194 valence electrons. The first-order chi connectivity index (χ1) is 17.3. The van der Waals surface area contributed by atoms with Gasteiger partial charge in [-0.25, -0.2) is 0 Å². The van der Waals surface area contributed by atoms with Gasteiger partial charge >= 0.3 is 5.97 Å². The Morgan fingerprint density at radius 1 is 1.11 bits per heavy atom. The molecule has 1 saturated heterocycles. The molecule has 1 fully saturated rings. The second kappa shape index (κ2) is 9.38. The second-order valence-electron chi connectivity index (χ2n) is 10.5. The first kappa shape index (κ1) is 25.9. The van der Waals surface area contributed by atoms with Crippen LogP contribution in [0, 0.1) is 5.41 Å². The molecule has 2 heterocycles. The van der Waals surface area contributed by atoms with Gasteiger partial charge in [0.25, 0.3) is 0 Å². The summed E-state index contributed by atoms with van der Waals surface area (Å²) in [5.74, 6) is -1.31. The highest BCUT2D eigenvalue weighted by Crippen LogP contribution is 2.49. The Morgan fingerprint density at radius 2 is 1.78 bits per heavy atom. The van der Waals surface area contributed by atoms with E-state index in [1.54, 1.807) is 58.0 Å². The smallest absolute Gasteiger partial charge is 0.326 e. The lowest BCUT2D eigenvalue weighted by atomic mass is 9.80. The summed E-state index contributed by atoms with van der Waals surface area (Å²) in [4.78, 5) is 43.3. The van der Waals surface area contributed by atoms with Crippen LogP contribution < -0.4 is 10.6 Å². The van der Waals surface area contributed by atoms with Crippen LogP contribution in [0.2, 0.25) is 0 Å². The van der Waals surface area contributed by atoms with Gasteiger partial charge in [-0.1, -0.05) is 30.3 Å². The molecule has 0 aromatic heterocycles. The Bertz CT molecular complexity index is 1310. The van der Waals surface area contributed by atoms with E-state index in [0.717, 1.165) is 0 Å². The standard InChI is InChI=1S/C28H32N4O5/c1-17(33)20(24(30)18-8-6-5-7-9-18)15-31-13-12-28(25(31)35)21-14-19(29)10-11-22(21)32(26(28)36)16-23(34)37-27(2,3)4/h5-11,14,30,33H,12-13,15-16,29H2,1-4H3/p+1/b20-17-,30-24?. The van der Waals surface area contributed by atoms with Crippen LogP contribution in [-0.4, -0.2) is 58.7 Å². The maximum Gasteiger partial charge on any atom is 0.326 e. The molecule has 9 nitrogen and oxygen atoms in total. The van der Waals surface area contributed by atoms with E-state index in [0.29, 0.717) is 28.1 Å². The van der Waals surface area contributed by atoms with Crippen LogP contribution in [-0.2, 0) is 24.5 Å². The number of carbonyl (C=O) groups is 3. The molecular weight excluding hydrogens is 472 g/mol. The number of carbonyl (C=O) groups excluding carboxylic acids is 3. The molecule has 1 unspecified atom stereocenters. The number of amides is 2. The zero-order chi connectivity index (χ0) is 27.1. The minimum Gasteiger partial charge on any atom is -0.596 e. The van der Waals surface area contributed by atoms with Crippen molar-refractivity contribution >= 4 is 34.9 Å². The third kappa shape index (κ3) is 4.69. The summed E-state index contributed by atoms with van der Waals surface area (Å²) in [6.45, 7) is 6.80. The molecule has 9 heteroatoms. The Balaban J connectivity index is 1.66. The van der Waals surface area contributed by atoms with Gasteiger partial charge in [0.1, 0.15) is 12.1 Å². The number of nitrogens with two attached hydrogens (primary N) is 1. The molecular formula is C28H33N4O5+. The Kier molecular flexibility index (Phi) is 6.58. The number of esters is 1. The van der Waals surface area contributed by atoms with Crippen molar-refractivity contribution in [1.29, 1.82) is 5.41 Å². The highest BCUT2D eigenvalue weighted by atomic mass is 16.6. The number of ether oxygens (including phenoxy) is 1. The van der Waals surface area contributed by atoms with Crippen molar-refractivity contribution in [2.45, 2.75) is 45.1 Å². The third-order valence-electron chi connectivity index (χ3n) is 6.66. The molecule has 1 atom stereocenters. The third-order valence-corrected chi connectivity index (χ3v) is 6.66. The van der Waals surface area contributed by atoms with Crippen molar-refractivity contribution in [2.75, 3.05) is 30.3 Å². The molecule has 0 radical (unpaired) electrons. The lowest BCUT2D eigenvalue weighted by Crippen LogP contribution is -2.48. The van der Waals surface area contributed by atoms with Gasteiger partial charge in [-0.2, -0.15) is 0 Å². The maximum atomic E-state index is 14.0. The van der Waals surface area contributed by atoms with Gasteiger partial charge in [-0.05, 0) is 45.4 Å². The van der Waals surface area contributed by atoms with Gasteiger partial charge in [-0.3, -0.25) is 24.7 Å². The number of likely N-dealkylation sites (tertiary alicyclic amines) is 1. The fraction of sp³-hybridized carbons (Fsp3) is 0.357. The summed E-state index contributed by atoms with van der Waals surface area (Å²) in [5, 5.41) is 16.9. The average molecular weight is 506 g/mol. The SMILES string of the molecule is C/C([OH2+])=C(\CN1CCC2(C1=O)C(=O)N(CC(=O)OC(C)(C)C)c1ccc(N)cc12)C(=N)c1ccccc1. The number of allylic oxidation sites excluding steroid dienone is 1. The van der Waals surface area contributed by atoms with Crippen molar-refractivity contribution < 1.29 is 24.2 Å². The molecule has 2 aliphatic rings. The van der Waals surface area contributed by atoms with Crippen LogP contribution in [0.5, 0.6) is 0 Å². The fourth-order valence-corrected chi connectivity index (χ4v) is 4.98. The zero-order valence-corrected chi connectivity index (χ0v) is 21.6. The molecule has 0 aliphatic carbocycles. The molecule has 2 aromatic rings. The molecule has 2 amide bonds. The number of fused-ring (bicyclic) bond motifs is 2. The van der Waals surface area contributed by atoms with E-state index in [2.05, 4.69) is 0 Å². The highest BCUT2D eigenvalue weighted by Gasteiger charge is 2.61. The number of nitrogens with zero attached hydrogens (tertiary/aromatic N) is 2. The van der Waals surface area contributed by atoms with Crippen molar-refractivity contribution in [3.8, 4) is 0 Å². The van der Waals surface area contributed by atoms with Crippen molar-refractivity contribution in [3.05, 3.63) is 71.0 Å². The normalized spacial score (nSPS) is 19.8.